The number of halogens is 2. The SMILES string of the molecule is Fc1cnc(CN2CC3CCCC3C2)c(F)c1. The van der Waals surface area contributed by atoms with E-state index < -0.39 is 11.6 Å². The molecule has 0 amide bonds. The summed E-state index contributed by atoms with van der Waals surface area (Å²) in [5, 5.41) is 0. The van der Waals surface area contributed by atoms with E-state index >= 15 is 0 Å². The van der Waals surface area contributed by atoms with Crippen LogP contribution in [0.4, 0.5) is 8.78 Å². The quantitative estimate of drug-likeness (QED) is 0.787. The van der Waals surface area contributed by atoms with E-state index in [1.165, 1.54) is 19.3 Å². The van der Waals surface area contributed by atoms with Crippen LogP contribution in [0.1, 0.15) is 25.0 Å². The first-order valence-electron chi connectivity index (χ1n) is 6.24. The summed E-state index contributed by atoms with van der Waals surface area (Å²) >= 11 is 0. The van der Waals surface area contributed by atoms with E-state index in [0.717, 1.165) is 37.2 Å². The molecule has 4 heteroatoms. The van der Waals surface area contributed by atoms with Gasteiger partial charge in [0.05, 0.1) is 11.9 Å². The van der Waals surface area contributed by atoms with Gasteiger partial charge in [-0.15, -0.1) is 0 Å². The predicted octanol–water partition coefficient (Wildman–Crippen LogP) is 2.59. The molecule has 0 N–H and O–H groups in total. The van der Waals surface area contributed by atoms with Crippen molar-refractivity contribution in [3.05, 3.63) is 29.6 Å². The van der Waals surface area contributed by atoms with Gasteiger partial charge in [-0.05, 0) is 24.7 Å². The summed E-state index contributed by atoms with van der Waals surface area (Å²) in [6, 6.07) is 0.916. The van der Waals surface area contributed by atoms with Crippen LogP contribution in [0.15, 0.2) is 12.3 Å². The van der Waals surface area contributed by atoms with E-state index in [9.17, 15) is 8.78 Å². The topological polar surface area (TPSA) is 16.1 Å². The molecule has 92 valence electrons. The first-order chi connectivity index (χ1) is 8.22. The summed E-state index contributed by atoms with van der Waals surface area (Å²) in [5.74, 6) is 0.448. The second-order valence-corrected chi connectivity index (χ2v) is 5.23. The van der Waals surface area contributed by atoms with Crippen molar-refractivity contribution in [2.45, 2.75) is 25.8 Å². The van der Waals surface area contributed by atoms with E-state index in [1.807, 2.05) is 0 Å². The molecule has 0 radical (unpaired) electrons. The van der Waals surface area contributed by atoms with E-state index in [1.54, 1.807) is 0 Å². The minimum absolute atomic E-state index is 0.367. The lowest BCUT2D eigenvalue weighted by atomic mass is 10.0. The Labute approximate surface area is 99.6 Å². The number of aromatic nitrogens is 1. The van der Waals surface area contributed by atoms with Crippen molar-refractivity contribution in [3.8, 4) is 0 Å². The van der Waals surface area contributed by atoms with Crippen LogP contribution in [-0.2, 0) is 6.54 Å². The Bertz CT molecular complexity index is 410. The van der Waals surface area contributed by atoms with Gasteiger partial charge in [0.15, 0.2) is 0 Å². The minimum Gasteiger partial charge on any atom is -0.297 e. The molecule has 17 heavy (non-hydrogen) atoms. The van der Waals surface area contributed by atoms with Crippen LogP contribution in [0, 0.1) is 23.5 Å². The highest BCUT2D eigenvalue weighted by molar-refractivity contribution is 5.09. The third kappa shape index (κ3) is 2.18. The smallest absolute Gasteiger partial charge is 0.148 e. The number of hydrogen-bond acceptors (Lipinski definition) is 2. The Morgan fingerprint density at radius 2 is 1.94 bits per heavy atom. The Balaban J connectivity index is 1.67. The van der Waals surface area contributed by atoms with Crippen LogP contribution >= 0.6 is 0 Å². The zero-order chi connectivity index (χ0) is 11.8. The highest BCUT2D eigenvalue weighted by atomic mass is 19.1. The van der Waals surface area contributed by atoms with Gasteiger partial charge in [-0.25, -0.2) is 8.78 Å². The molecule has 2 unspecified atom stereocenters. The van der Waals surface area contributed by atoms with Gasteiger partial charge >= 0.3 is 0 Å². The Morgan fingerprint density at radius 1 is 1.24 bits per heavy atom. The number of hydrogen-bond donors (Lipinski definition) is 0. The van der Waals surface area contributed by atoms with Crippen LogP contribution in [-0.4, -0.2) is 23.0 Å². The average molecular weight is 238 g/mol. The maximum atomic E-state index is 13.5. The van der Waals surface area contributed by atoms with Crippen molar-refractivity contribution in [2.24, 2.45) is 11.8 Å². The number of rotatable bonds is 2. The normalized spacial score (nSPS) is 28.6. The van der Waals surface area contributed by atoms with Crippen molar-refractivity contribution in [1.82, 2.24) is 9.88 Å². The maximum absolute atomic E-state index is 13.5. The lowest BCUT2D eigenvalue weighted by molar-refractivity contribution is 0.294. The molecule has 1 aromatic heterocycles. The molecule has 2 fully saturated rings. The molecule has 2 nitrogen and oxygen atoms in total. The van der Waals surface area contributed by atoms with E-state index in [4.69, 9.17) is 0 Å². The second kappa shape index (κ2) is 4.33. The lowest BCUT2D eigenvalue weighted by Crippen LogP contribution is -2.22. The summed E-state index contributed by atoms with van der Waals surface area (Å²) in [6.07, 6.45) is 5.04. The molecular formula is C13H16F2N2. The Kier molecular flexibility index (Phi) is 2.82. The van der Waals surface area contributed by atoms with Gasteiger partial charge in [0, 0.05) is 25.7 Å². The van der Waals surface area contributed by atoms with Crippen molar-refractivity contribution in [1.29, 1.82) is 0 Å². The third-order valence-corrected chi connectivity index (χ3v) is 4.06. The maximum Gasteiger partial charge on any atom is 0.148 e. The highest BCUT2D eigenvalue weighted by Crippen LogP contribution is 2.38. The van der Waals surface area contributed by atoms with Gasteiger partial charge in [-0.1, -0.05) is 6.42 Å². The first kappa shape index (κ1) is 11.1. The lowest BCUT2D eigenvalue weighted by Gasteiger charge is -2.16. The number of fused-ring (bicyclic) bond motifs is 1. The summed E-state index contributed by atoms with van der Waals surface area (Å²) in [5.41, 5.74) is 0.367. The number of likely N-dealkylation sites (tertiary alicyclic amines) is 1. The summed E-state index contributed by atoms with van der Waals surface area (Å²) in [7, 11) is 0. The van der Waals surface area contributed by atoms with Gasteiger partial charge in [0.2, 0.25) is 0 Å². The molecular weight excluding hydrogens is 222 g/mol. The largest absolute Gasteiger partial charge is 0.297 e. The van der Waals surface area contributed by atoms with E-state index in [-0.39, 0.29) is 0 Å². The van der Waals surface area contributed by atoms with E-state index in [2.05, 4.69) is 9.88 Å². The molecule has 1 saturated carbocycles. The van der Waals surface area contributed by atoms with Gasteiger partial charge in [0.1, 0.15) is 11.6 Å². The zero-order valence-corrected chi connectivity index (χ0v) is 9.70. The molecule has 0 aromatic carbocycles. The minimum atomic E-state index is -0.607. The number of pyridine rings is 1. The summed E-state index contributed by atoms with van der Waals surface area (Å²) in [4.78, 5) is 6.09. The molecule has 0 bridgehead atoms. The van der Waals surface area contributed by atoms with Gasteiger partial charge in [-0.2, -0.15) is 0 Å². The molecule has 2 atom stereocenters. The van der Waals surface area contributed by atoms with Crippen LogP contribution in [0.3, 0.4) is 0 Å². The van der Waals surface area contributed by atoms with Crippen molar-refractivity contribution in [3.63, 3.8) is 0 Å². The van der Waals surface area contributed by atoms with Crippen LogP contribution in [0.5, 0.6) is 0 Å². The van der Waals surface area contributed by atoms with Crippen LogP contribution in [0.2, 0.25) is 0 Å². The van der Waals surface area contributed by atoms with E-state index in [0.29, 0.717) is 12.2 Å². The Morgan fingerprint density at radius 3 is 2.59 bits per heavy atom. The standard InChI is InChI=1S/C13H16F2N2/c14-11-4-12(15)13(16-5-11)8-17-6-9-2-1-3-10(9)7-17/h4-5,9-10H,1-3,6-8H2. The molecule has 2 aliphatic rings. The van der Waals surface area contributed by atoms with Crippen LogP contribution in [0.25, 0.3) is 0 Å². The molecule has 1 aliphatic carbocycles. The Hall–Kier alpha value is -1.03. The fraction of sp³-hybridized carbons (Fsp3) is 0.615. The zero-order valence-electron chi connectivity index (χ0n) is 9.70. The summed E-state index contributed by atoms with van der Waals surface area (Å²) < 4.78 is 26.2. The number of nitrogens with zero attached hydrogens (tertiary/aromatic N) is 2. The van der Waals surface area contributed by atoms with Crippen molar-refractivity contribution < 1.29 is 8.78 Å². The van der Waals surface area contributed by atoms with Crippen molar-refractivity contribution >= 4 is 0 Å². The predicted molar refractivity (Wildman–Crippen MR) is 60.3 cm³/mol. The highest BCUT2D eigenvalue weighted by Gasteiger charge is 2.36. The van der Waals surface area contributed by atoms with Gasteiger partial charge in [0.25, 0.3) is 0 Å². The second-order valence-electron chi connectivity index (χ2n) is 5.23. The molecule has 0 spiro atoms. The first-order valence-corrected chi connectivity index (χ1v) is 6.24. The molecule has 1 saturated heterocycles. The fourth-order valence-electron chi connectivity index (χ4n) is 3.23. The summed E-state index contributed by atoms with van der Waals surface area (Å²) in [6.45, 7) is 2.60. The monoisotopic (exact) mass is 238 g/mol. The van der Waals surface area contributed by atoms with Gasteiger partial charge < -0.3 is 0 Å². The molecule has 1 aromatic rings. The van der Waals surface area contributed by atoms with Crippen molar-refractivity contribution in [2.75, 3.05) is 13.1 Å². The third-order valence-electron chi connectivity index (χ3n) is 4.06. The van der Waals surface area contributed by atoms with Gasteiger partial charge in [-0.3, -0.25) is 9.88 Å². The molecule has 3 rings (SSSR count). The van der Waals surface area contributed by atoms with Crippen LogP contribution < -0.4 is 0 Å². The molecule has 1 aliphatic heterocycles. The fourth-order valence-corrected chi connectivity index (χ4v) is 3.23. The average Bonchev–Trinajstić information content (AvgIpc) is 2.82. The molecule has 2 heterocycles.